The summed E-state index contributed by atoms with van der Waals surface area (Å²) >= 11 is 0. The lowest BCUT2D eigenvalue weighted by molar-refractivity contribution is 0.284. The fourth-order valence-electron chi connectivity index (χ4n) is 1.65. The molecular formula is C15H34O3Si4. The van der Waals surface area contributed by atoms with Crippen LogP contribution < -0.4 is 0 Å². The molecule has 0 N–H and O–H groups in total. The molecule has 0 heterocycles. The minimum atomic E-state index is -2.44. The normalized spacial score (nSPS) is 14.9. The van der Waals surface area contributed by atoms with Gasteiger partial charge in [-0.25, -0.2) is 0 Å². The summed E-state index contributed by atoms with van der Waals surface area (Å²) in [6.07, 6.45) is 1.06. The summed E-state index contributed by atoms with van der Waals surface area (Å²) in [5.41, 5.74) is 10.7. The molecule has 0 aliphatic rings. The number of hydrogen-bond acceptors (Lipinski definition) is 3. The van der Waals surface area contributed by atoms with E-state index < -0.39 is 38.1 Å². The van der Waals surface area contributed by atoms with Gasteiger partial charge in [-0.05, 0) is 41.5 Å². The molecular weight excluding hydrogens is 341 g/mol. The maximum absolute atomic E-state index is 6.31. The first-order chi connectivity index (χ1) is 10.3. The van der Waals surface area contributed by atoms with Crippen molar-refractivity contribution in [3.8, 4) is 0 Å². The van der Waals surface area contributed by atoms with Gasteiger partial charge < -0.3 is 12.3 Å². The van der Waals surface area contributed by atoms with Crippen molar-refractivity contribution in [1.29, 1.82) is 0 Å². The predicted octanol–water partition coefficient (Wildman–Crippen LogP) is 2.41. The van der Waals surface area contributed by atoms with Crippen molar-refractivity contribution in [2.24, 2.45) is 0 Å². The predicted molar refractivity (Wildman–Crippen MR) is 108 cm³/mol. The molecule has 0 radical (unpaired) electrons. The molecule has 0 fully saturated rings. The molecule has 0 saturated carbocycles. The maximum atomic E-state index is 6.31. The summed E-state index contributed by atoms with van der Waals surface area (Å²) in [5, 5.41) is 0. The molecule has 0 aromatic carbocycles. The highest BCUT2D eigenvalue weighted by Crippen LogP contribution is 2.17. The average molecular weight is 375 g/mol. The monoisotopic (exact) mass is 374 g/mol. The molecule has 0 bridgehead atoms. The van der Waals surface area contributed by atoms with Crippen LogP contribution in [0.25, 0.3) is 0 Å². The van der Waals surface area contributed by atoms with Gasteiger partial charge in [0.05, 0.1) is 0 Å². The Morgan fingerprint density at radius 2 is 1.05 bits per heavy atom. The molecule has 0 aliphatic carbocycles. The van der Waals surface area contributed by atoms with Crippen LogP contribution in [0.1, 0.15) is 54.9 Å². The summed E-state index contributed by atoms with van der Waals surface area (Å²) in [6.45, 7) is 14.9. The lowest BCUT2D eigenvalue weighted by Gasteiger charge is -2.30. The zero-order valence-electron chi connectivity index (χ0n) is 15.5. The maximum Gasteiger partial charge on any atom is 0.469 e. The second kappa shape index (κ2) is 12.4. The largest absolute Gasteiger partial charge is 0.469 e. The molecule has 0 saturated heterocycles. The molecule has 0 spiro atoms. The molecule has 0 rings (SSSR count). The first kappa shape index (κ1) is 22.0. The lowest BCUT2D eigenvalue weighted by Crippen LogP contribution is -2.48. The van der Waals surface area contributed by atoms with Crippen molar-refractivity contribution in [3.63, 3.8) is 0 Å². The molecule has 0 aromatic heterocycles. The van der Waals surface area contributed by atoms with Crippen molar-refractivity contribution in [2.75, 3.05) is 0 Å². The standard InChI is InChI=1S/C15H34O3Si4/c1-8-9-22(16-19-10-13(2)3,17-20-11-14(4)5)18-21-12-15(6)7/h10-12H,8-9,19-21H2,1-7H3. The van der Waals surface area contributed by atoms with E-state index in [-0.39, 0.29) is 0 Å². The van der Waals surface area contributed by atoms with Gasteiger partial charge in [0.15, 0.2) is 29.3 Å². The molecule has 22 heavy (non-hydrogen) atoms. The minimum Gasteiger partial charge on any atom is -0.418 e. The van der Waals surface area contributed by atoms with Gasteiger partial charge in [0, 0.05) is 6.04 Å². The van der Waals surface area contributed by atoms with Gasteiger partial charge in [-0.1, -0.05) is 47.2 Å². The summed E-state index contributed by atoms with van der Waals surface area (Å²) < 4.78 is 18.9. The van der Waals surface area contributed by atoms with Crippen LogP contribution in [0.3, 0.4) is 0 Å². The molecule has 0 aromatic rings. The van der Waals surface area contributed by atoms with E-state index in [9.17, 15) is 0 Å². The second-order valence-electron chi connectivity index (χ2n) is 6.21. The van der Waals surface area contributed by atoms with Gasteiger partial charge >= 0.3 is 8.80 Å². The summed E-state index contributed by atoms with van der Waals surface area (Å²) in [7, 11) is -4.55. The van der Waals surface area contributed by atoms with Gasteiger partial charge in [-0.2, -0.15) is 0 Å². The van der Waals surface area contributed by atoms with E-state index in [1.807, 2.05) is 0 Å². The smallest absolute Gasteiger partial charge is 0.418 e. The molecule has 128 valence electrons. The quantitative estimate of drug-likeness (QED) is 0.520. The van der Waals surface area contributed by atoms with E-state index in [1.165, 1.54) is 16.7 Å². The fraction of sp³-hybridized carbons (Fsp3) is 0.600. The van der Waals surface area contributed by atoms with E-state index in [0.29, 0.717) is 0 Å². The van der Waals surface area contributed by atoms with Gasteiger partial charge in [0.1, 0.15) is 0 Å². The molecule has 0 amide bonds. The SMILES string of the molecule is CCC[Si](O[SiH2]C=C(C)C)(O[SiH2]C=C(C)C)O[SiH2]C=C(C)C. The van der Waals surface area contributed by atoms with Crippen molar-refractivity contribution < 1.29 is 12.3 Å². The third-order valence-corrected chi connectivity index (χ3v) is 14.3. The van der Waals surface area contributed by atoms with Crippen LogP contribution in [0, 0.1) is 0 Å². The average Bonchev–Trinajstić information content (AvgIpc) is 2.37. The topological polar surface area (TPSA) is 27.7 Å². The van der Waals surface area contributed by atoms with Crippen LogP contribution in [0.15, 0.2) is 33.8 Å². The number of rotatable bonds is 11. The molecule has 3 nitrogen and oxygen atoms in total. The Morgan fingerprint density at radius 1 is 0.727 bits per heavy atom. The number of hydrogen-bond donors (Lipinski definition) is 0. The lowest BCUT2D eigenvalue weighted by atomic mass is 10.4. The van der Waals surface area contributed by atoms with E-state index in [4.69, 9.17) is 12.3 Å². The molecule has 0 atom stereocenters. The van der Waals surface area contributed by atoms with Crippen molar-refractivity contribution in [1.82, 2.24) is 0 Å². The van der Waals surface area contributed by atoms with Crippen molar-refractivity contribution >= 4 is 38.1 Å². The van der Waals surface area contributed by atoms with Gasteiger partial charge in [-0.15, -0.1) is 0 Å². The van der Waals surface area contributed by atoms with Crippen molar-refractivity contribution in [3.05, 3.63) is 33.8 Å². The van der Waals surface area contributed by atoms with Crippen LogP contribution in [-0.4, -0.2) is 38.1 Å². The van der Waals surface area contributed by atoms with E-state index in [2.05, 4.69) is 65.6 Å². The zero-order valence-corrected chi connectivity index (χ0v) is 20.7. The van der Waals surface area contributed by atoms with E-state index >= 15 is 0 Å². The van der Waals surface area contributed by atoms with Crippen LogP contribution >= 0.6 is 0 Å². The first-order valence-corrected chi connectivity index (χ1v) is 14.2. The Hall–Kier alpha value is -0.0325. The second-order valence-corrected chi connectivity index (χ2v) is 13.8. The summed E-state index contributed by atoms with van der Waals surface area (Å²) in [6, 6.07) is 0.948. The molecule has 0 aliphatic heterocycles. The summed E-state index contributed by atoms with van der Waals surface area (Å²) in [5.74, 6) is 0. The zero-order chi connectivity index (χ0) is 17.0. The van der Waals surface area contributed by atoms with Crippen molar-refractivity contribution in [2.45, 2.75) is 60.9 Å². The molecule has 7 heteroatoms. The Bertz CT molecular complexity index is 339. The Balaban J connectivity index is 4.93. The highest BCUT2D eigenvalue weighted by atomic mass is 28.5. The highest BCUT2D eigenvalue weighted by molar-refractivity contribution is 6.75. The Labute approximate surface area is 145 Å². The Kier molecular flexibility index (Phi) is 12.4. The fourth-order valence-corrected chi connectivity index (χ4v) is 12.3. The van der Waals surface area contributed by atoms with Gasteiger partial charge in [0.25, 0.3) is 0 Å². The van der Waals surface area contributed by atoms with Gasteiger partial charge in [0.2, 0.25) is 0 Å². The molecule has 0 unspecified atom stereocenters. The van der Waals surface area contributed by atoms with E-state index in [0.717, 1.165) is 12.5 Å². The third kappa shape index (κ3) is 11.5. The first-order valence-electron chi connectivity index (χ1n) is 8.13. The van der Waals surface area contributed by atoms with Crippen LogP contribution in [0.2, 0.25) is 6.04 Å². The van der Waals surface area contributed by atoms with Crippen LogP contribution in [0.4, 0.5) is 0 Å². The highest BCUT2D eigenvalue weighted by Gasteiger charge is 2.37. The Morgan fingerprint density at radius 3 is 1.27 bits per heavy atom. The third-order valence-electron chi connectivity index (χ3n) is 2.94. The summed E-state index contributed by atoms with van der Waals surface area (Å²) in [4.78, 5) is 0. The van der Waals surface area contributed by atoms with E-state index in [1.54, 1.807) is 0 Å². The van der Waals surface area contributed by atoms with Crippen LogP contribution in [-0.2, 0) is 12.3 Å². The van der Waals surface area contributed by atoms with Crippen LogP contribution in [0.5, 0.6) is 0 Å². The minimum absolute atomic E-state index is 0.703. The van der Waals surface area contributed by atoms with Gasteiger partial charge in [-0.3, -0.25) is 0 Å². The number of allylic oxidation sites excluding steroid dienone is 3.